The summed E-state index contributed by atoms with van der Waals surface area (Å²) in [4.78, 5) is 0. The number of anilines is 1. The van der Waals surface area contributed by atoms with E-state index in [2.05, 4.69) is 17.2 Å². The summed E-state index contributed by atoms with van der Waals surface area (Å²) in [5, 5.41) is 8.03. The van der Waals surface area contributed by atoms with E-state index in [0.717, 1.165) is 23.5 Å². The van der Waals surface area contributed by atoms with Gasteiger partial charge in [0.15, 0.2) is 0 Å². The third-order valence-electron chi connectivity index (χ3n) is 2.06. The molecule has 0 saturated carbocycles. The first-order valence-electron chi connectivity index (χ1n) is 4.56. The van der Waals surface area contributed by atoms with Crippen molar-refractivity contribution in [3.63, 3.8) is 0 Å². The van der Waals surface area contributed by atoms with Gasteiger partial charge in [0.1, 0.15) is 0 Å². The molecule has 0 saturated heterocycles. The number of hydrogen-bond donors (Lipinski definition) is 1. The summed E-state index contributed by atoms with van der Waals surface area (Å²) in [5.41, 5.74) is 8.31. The first kappa shape index (κ1) is 8.74. The van der Waals surface area contributed by atoms with E-state index in [-0.39, 0.29) is 0 Å². The van der Waals surface area contributed by atoms with Gasteiger partial charge in [-0.05, 0) is 30.7 Å². The number of hydrogen-bond acceptors (Lipinski definition) is 3. The first-order valence-corrected chi connectivity index (χ1v) is 4.56. The topological polar surface area (TPSA) is 56.7 Å². The zero-order valence-electron chi connectivity index (χ0n) is 8.01. The van der Waals surface area contributed by atoms with E-state index in [9.17, 15) is 0 Å². The molecular formula is C10H12N4. The Morgan fingerprint density at radius 1 is 1.29 bits per heavy atom. The highest BCUT2D eigenvalue weighted by molar-refractivity contribution is 5.44. The van der Waals surface area contributed by atoms with Crippen LogP contribution in [0.3, 0.4) is 0 Å². The molecule has 0 aliphatic rings. The second-order valence-corrected chi connectivity index (χ2v) is 3.10. The largest absolute Gasteiger partial charge is 0.399 e. The molecule has 1 heterocycles. The molecule has 2 N–H and O–H groups in total. The van der Waals surface area contributed by atoms with Crippen LogP contribution in [0.2, 0.25) is 0 Å². The Hall–Kier alpha value is -1.84. The number of benzene rings is 1. The lowest BCUT2D eigenvalue weighted by Crippen LogP contribution is -1.95. The molecule has 2 aromatic rings. The average molecular weight is 188 g/mol. The molecular weight excluding hydrogens is 176 g/mol. The van der Waals surface area contributed by atoms with Gasteiger partial charge in [-0.3, -0.25) is 0 Å². The maximum atomic E-state index is 5.59. The number of nitrogen functional groups attached to an aromatic ring is 1. The minimum absolute atomic E-state index is 0.754. The molecule has 0 spiro atoms. The van der Waals surface area contributed by atoms with Crippen LogP contribution in [0.5, 0.6) is 0 Å². The Labute approximate surface area is 82.4 Å². The van der Waals surface area contributed by atoms with Crippen LogP contribution in [0.1, 0.15) is 12.6 Å². The van der Waals surface area contributed by atoms with Crippen LogP contribution in [0, 0.1) is 0 Å². The van der Waals surface area contributed by atoms with Crippen LogP contribution in [0.4, 0.5) is 5.69 Å². The van der Waals surface area contributed by atoms with Crippen molar-refractivity contribution in [2.45, 2.75) is 13.3 Å². The Kier molecular flexibility index (Phi) is 2.18. The highest BCUT2D eigenvalue weighted by Crippen LogP contribution is 2.09. The van der Waals surface area contributed by atoms with Gasteiger partial charge >= 0.3 is 0 Å². The maximum Gasteiger partial charge on any atom is 0.0829 e. The fraction of sp³-hybridized carbons (Fsp3) is 0.200. The Bertz CT molecular complexity index is 416. The van der Waals surface area contributed by atoms with Gasteiger partial charge in [-0.2, -0.15) is 0 Å². The van der Waals surface area contributed by atoms with Crippen LogP contribution in [-0.2, 0) is 6.42 Å². The number of rotatable bonds is 2. The van der Waals surface area contributed by atoms with Crippen LogP contribution < -0.4 is 5.73 Å². The van der Waals surface area contributed by atoms with Gasteiger partial charge in [-0.25, -0.2) is 4.68 Å². The van der Waals surface area contributed by atoms with Crippen LogP contribution in [-0.4, -0.2) is 15.0 Å². The standard InChI is InChI=1S/C10H12N4/c1-2-9-7-14(13-12-9)10-5-3-8(11)4-6-10/h3-7H,2,11H2,1H3. The van der Waals surface area contributed by atoms with Crippen molar-refractivity contribution in [2.75, 3.05) is 5.73 Å². The van der Waals surface area contributed by atoms with E-state index in [4.69, 9.17) is 5.73 Å². The second kappa shape index (κ2) is 3.49. The van der Waals surface area contributed by atoms with Gasteiger partial charge in [0.25, 0.3) is 0 Å². The Morgan fingerprint density at radius 2 is 2.00 bits per heavy atom. The van der Waals surface area contributed by atoms with Crippen LogP contribution in [0.25, 0.3) is 5.69 Å². The maximum absolute atomic E-state index is 5.59. The van der Waals surface area contributed by atoms with Gasteiger partial charge in [0, 0.05) is 5.69 Å². The third-order valence-corrected chi connectivity index (χ3v) is 2.06. The third kappa shape index (κ3) is 1.59. The van der Waals surface area contributed by atoms with E-state index in [1.165, 1.54) is 0 Å². The molecule has 2 rings (SSSR count). The van der Waals surface area contributed by atoms with Crippen molar-refractivity contribution < 1.29 is 0 Å². The number of nitrogens with zero attached hydrogens (tertiary/aromatic N) is 3. The lowest BCUT2D eigenvalue weighted by atomic mass is 10.3. The van der Waals surface area contributed by atoms with Crippen molar-refractivity contribution in [3.8, 4) is 5.69 Å². The van der Waals surface area contributed by atoms with E-state index in [1.807, 2.05) is 30.5 Å². The van der Waals surface area contributed by atoms with E-state index in [0.29, 0.717) is 0 Å². The van der Waals surface area contributed by atoms with Crippen molar-refractivity contribution in [2.24, 2.45) is 0 Å². The van der Waals surface area contributed by atoms with Crippen LogP contribution >= 0.6 is 0 Å². The molecule has 0 aliphatic carbocycles. The molecule has 0 fully saturated rings. The second-order valence-electron chi connectivity index (χ2n) is 3.10. The molecule has 1 aromatic carbocycles. The van der Waals surface area contributed by atoms with Gasteiger partial charge in [0.2, 0.25) is 0 Å². The van der Waals surface area contributed by atoms with Crippen molar-refractivity contribution >= 4 is 5.69 Å². The summed E-state index contributed by atoms with van der Waals surface area (Å²) >= 11 is 0. The molecule has 4 heteroatoms. The minimum Gasteiger partial charge on any atom is -0.399 e. The Morgan fingerprint density at radius 3 is 2.57 bits per heavy atom. The number of aromatic nitrogens is 3. The molecule has 0 amide bonds. The minimum atomic E-state index is 0.754. The summed E-state index contributed by atoms with van der Waals surface area (Å²) in [6.45, 7) is 2.05. The van der Waals surface area contributed by atoms with Gasteiger partial charge < -0.3 is 5.73 Å². The molecule has 4 nitrogen and oxygen atoms in total. The van der Waals surface area contributed by atoms with E-state index < -0.39 is 0 Å². The summed E-state index contributed by atoms with van der Waals surface area (Å²) in [7, 11) is 0. The molecule has 0 bridgehead atoms. The zero-order chi connectivity index (χ0) is 9.97. The Balaban J connectivity index is 2.34. The molecule has 0 radical (unpaired) electrons. The number of nitrogens with two attached hydrogens (primary N) is 1. The fourth-order valence-electron chi connectivity index (χ4n) is 1.21. The van der Waals surface area contributed by atoms with E-state index >= 15 is 0 Å². The monoisotopic (exact) mass is 188 g/mol. The molecule has 0 aliphatic heterocycles. The fourth-order valence-corrected chi connectivity index (χ4v) is 1.21. The van der Waals surface area contributed by atoms with Crippen molar-refractivity contribution in [3.05, 3.63) is 36.2 Å². The van der Waals surface area contributed by atoms with E-state index in [1.54, 1.807) is 4.68 Å². The molecule has 1 aromatic heterocycles. The van der Waals surface area contributed by atoms with Gasteiger partial charge in [0.05, 0.1) is 17.6 Å². The zero-order valence-corrected chi connectivity index (χ0v) is 8.01. The molecule has 0 unspecified atom stereocenters. The molecule has 0 atom stereocenters. The summed E-state index contributed by atoms with van der Waals surface area (Å²) < 4.78 is 1.75. The highest BCUT2D eigenvalue weighted by atomic mass is 15.4. The molecule has 72 valence electrons. The van der Waals surface area contributed by atoms with Gasteiger partial charge in [-0.1, -0.05) is 12.1 Å². The quantitative estimate of drug-likeness (QED) is 0.725. The first-order chi connectivity index (χ1) is 6.79. The number of aryl methyl sites for hydroxylation is 1. The smallest absolute Gasteiger partial charge is 0.0829 e. The van der Waals surface area contributed by atoms with Gasteiger partial charge in [-0.15, -0.1) is 5.10 Å². The predicted molar refractivity (Wildman–Crippen MR) is 55.1 cm³/mol. The van der Waals surface area contributed by atoms with Crippen LogP contribution in [0.15, 0.2) is 30.5 Å². The average Bonchev–Trinajstić information content (AvgIpc) is 2.67. The summed E-state index contributed by atoms with van der Waals surface area (Å²) in [6.07, 6.45) is 2.82. The summed E-state index contributed by atoms with van der Waals surface area (Å²) in [6, 6.07) is 7.54. The normalized spacial score (nSPS) is 10.4. The van der Waals surface area contributed by atoms with Crippen molar-refractivity contribution in [1.82, 2.24) is 15.0 Å². The SMILES string of the molecule is CCc1cn(-c2ccc(N)cc2)nn1. The lowest BCUT2D eigenvalue weighted by molar-refractivity contribution is 0.798. The highest BCUT2D eigenvalue weighted by Gasteiger charge is 1.99. The predicted octanol–water partition coefficient (Wildman–Crippen LogP) is 1.41. The molecule has 14 heavy (non-hydrogen) atoms. The lowest BCUT2D eigenvalue weighted by Gasteiger charge is -1.99. The van der Waals surface area contributed by atoms with Crippen molar-refractivity contribution in [1.29, 1.82) is 0 Å². The summed E-state index contributed by atoms with van der Waals surface area (Å²) in [5.74, 6) is 0.